The minimum atomic E-state index is -4.47. The van der Waals surface area contributed by atoms with Gasteiger partial charge in [0, 0.05) is 0 Å². The van der Waals surface area contributed by atoms with E-state index < -0.39 is 17.4 Å². The van der Waals surface area contributed by atoms with E-state index in [-0.39, 0.29) is 0 Å². The van der Waals surface area contributed by atoms with Crippen molar-refractivity contribution in [1.29, 1.82) is 0 Å². The van der Waals surface area contributed by atoms with Crippen molar-refractivity contribution in [3.63, 3.8) is 0 Å². The minimum Gasteiger partial charge on any atom is -0.166 e. The van der Waals surface area contributed by atoms with E-state index in [1.54, 1.807) is 0 Å². The van der Waals surface area contributed by atoms with E-state index in [1.807, 2.05) is 0 Å². The number of halogens is 3. The Morgan fingerprint density at radius 1 is 1.17 bits per heavy atom. The highest BCUT2D eigenvalue weighted by atomic mass is 19.4. The van der Waals surface area contributed by atoms with Crippen molar-refractivity contribution in [1.82, 2.24) is 5.53 Å². The first kappa shape index (κ1) is 8.70. The van der Waals surface area contributed by atoms with E-state index in [9.17, 15) is 13.2 Å². The highest BCUT2D eigenvalue weighted by Gasteiger charge is 2.33. The molecule has 0 aliphatic heterocycles. The first-order chi connectivity index (χ1) is 5.55. The molecule has 0 N–H and O–H groups in total. The predicted molar refractivity (Wildman–Crippen MR) is 35.7 cm³/mol. The molecule has 63 valence electrons. The molecule has 1 radical (unpaired) electrons. The number of hydrogen-bond donors (Lipinski definition) is 0. The van der Waals surface area contributed by atoms with Crippen molar-refractivity contribution >= 4 is 5.69 Å². The molecule has 0 spiro atoms. The first-order valence-electron chi connectivity index (χ1n) is 3.07. The average molecular weight is 173 g/mol. The van der Waals surface area contributed by atoms with Gasteiger partial charge in [-0.05, 0) is 17.7 Å². The van der Waals surface area contributed by atoms with Crippen LogP contribution >= 0.6 is 0 Å². The molecule has 12 heavy (non-hydrogen) atoms. The summed E-state index contributed by atoms with van der Waals surface area (Å²) in [7, 11) is 0. The molecule has 1 aromatic carbocycles. The molecule has 0 atom stereocenters. The molecule has 0 aliphatic rings. The fraction of sp³-hybridized carbons (Fsp3) is 0.143. The summed E-state index contributed by atoms with van der Waals surface area (Å²) in [5.74, 6) is 0. The van der Waals surface area contributed by atoms with Crippen LogP contribution in [0.3, 0.4) is 0 Å². The Hall–Kier alpha value is -1.39. The van der Waals surface area contributed by atoms with Crippen molar-refractivity contribution in [3.05, 3.63) is 29.8 Å². The van der Waals surface area contributed by atoms with Crippen molar-refractivity contribution < 1.29 is 13.2 Å². The van der Waals surface area contributed by atoms with Crippen LogP contribution in [0.25, 0.3) is 0 Å². The van der Waals surface area contributed by atoms with Crippen LogP contribution in [0.15, 0.2) is 29.4 Å². The molecular weight excluding hydrogens is 169 g/mol. The molecule has 0 unspecified atom stereocenters. The minimum absolute atomic E-state index is 0.468. The van der Waals surface area contributed by atoms with Crippen LogP contribution in [0, 0.1) is 0 Å². The van der Waals surface area contributed by atoms with Gasteiger partial charge in [0.2, 0.25) is 0 Å². The van der Waals surface area contributed by atoms with Gasteiger partial charge in [0.1, 0.15) is 0 Å². The summed E-state index contributed by atoms with van der Waals surface area (Å²) in [6, 6.07) is 4.54. The molecular formula is C7H4F3N2. The number of nitrogens with zero attached hydrogens (tertiary/aromatic N) is 2. The number of rotatable bonds is 1. The summed E-state index contributed by atoms with van der Waals surface area (Å²) in [5, 5.41) is 2.52. The van der Waals surface area contributed by atoms with Gasteiger partial charge in [-0.1, -0.05) is 12.1 Å². The Bertz CT molecular complexity index is 293. The van der Waals surface area contributed by atoms with Gasteiger partial charge in [0.15, 0.2) is 0 Å². The highest BCUT2D eigenvalue weighted by molar-refractivity contribution is 5.46. The normalized spacial score (nSPS) is 11.2. The number of alkyl halides is 3. The Morgan fingerprint density at radius 3 is 2.17 bits per heavy atom. The topological polar surface area (TPSA) is 34.7 Å². The lowest BCUT2D eigenvalue weighted by molar-refractivity contribution is -0.137. The van der Waals surface area contributed by atoms with Crippen molar-refractivity contribution in [2.45, 2.75) is 6.18 Å². The van der Waals surface area contributed by atoms with Gasteiger partial charge >= 0.3 is 6.18 Å². The van der Waals surface area contributed by atoms with Gasteiger partial charge < -0.3 is 0 Å². The fourth-order valence-electron chi connectivity index (χ4n) is 0.801. The summed E-state index contributed by atoms with van der Waals surface area (Å²) < 4.78 is 36.2. The second-order valence-corrected chi connectivity index (χ2v) is 2.11. The van der Waals surface area contributed by atoms with Crippen molar-refractivity contribution in [2.75, 3.05) is 0 Å². The summed E-state index contributed by atoms with van der Waals surface area (Å²) in [4.78, 5) is 0. The lowest BCUT2D eigenvalue weighted by Gasteiger charge is -2.07. The van der Waals surface area contributed by atoms with Crippen LogP contribution in [0.5, 0.6) is 0 Å². The maximum absolute atomic E-state index is 12.1. The molecule has 1 rings (SSSR count). The van der Waals surface area contributed by atoms with Crippen LogP contribution in [-0.2, 0) is 6.18 Å². The van der Waals surface area contributed by atoms with Crippen molar-refractivity contribution in [2.24, 2.45) is 5.11 Å². The molecule has 5 heteroatoms. The highest BCUT2D eigenvalue weighted by Crippen LogP contribution is 2.35. The Kier molecular flexibility index (Phi) is 2.12. The van der Waals surface area contributed by atoms with Crippen LogP contribution in [0.4, 0.5) is 18.9 Å². The molecule has 2 nitrogen and oxygen atoms in total. The third-order valence-corrected chi connectivity index (χ3v) is 1.32. The third-order valence-electron chi connectivity index (χ3n) is 1.32. The molecule has 0 aliphatic carbocycles. The Labute approximate surface area is 66.5 Å². The SMILES string of the molecule is [N]=Nc1ccccc1C(F)(F)F. The van der Waals surface area contributed by atoms with Crippen LogP contribution in [0.1, 0.15) is 5.56 Å². The molecule has 0 saturated heterocycles. The standard InChI is InChI=1S/C7H4F3N2/c8-7(9,10)5-3-1-2-4-6(5)12-11/h1-4H. The third kappa shape index (κ3) is 1.61. The second kappa shape index (κ2) is 2.92. The van der Waals surface area contributed by atoms with Gasteiger partial charge in [0.25, 0.3) is 0 Å². The molecule has 0 heterocycles. The zero-order valence-electron chi connectivity index (χ0n) is 5.84. The number of hydrogen-bond acceptors (Lipinski definition) is 1. The smallest absolute Gasteiger partial charge is 0.166 e. The van der Waals surface area contributed by atoms with Gasteiger partial charge in [0.05, 0.1) is 11.3 Å². The van der Waals surface area contributed by atoms with E-state index in [4.69, 9.17) is 5.53 Å². The summed E-state index contributed by atoms with van der Waals surface area (Å²) in [6.07, 6.45) is -4.47. The molecule has 0 aromatic heterocycles. The van der Waals surface area contributed by atoms with E-state index >= 15 is 0 Å². The van der Waals surface area contributed by atoms with E-state index in [0.717, 1.165) is 12.1 Å². The van der Waals surface area contributed by atoms with E-state index in [2.05, 4.69) is 5.11 Å². The molecule has 0 amide bonds. The van der Waals surface area contributed by atoms with E-state index in [1.165, 1.54) is 12.1 Å². The molecule has 0 bridgehead atoms. The number of benzene rings is 1. The lowest BCUT2D eigenvalue weighted by Crippen LogP contribution is -2.04. The second-order valence-electron chi connectivity index (χ2n) is 2.11. The lowest BCUT2D eigenvalue weighted by atomic mass is 10.2. The molecule has 0 fully saturated rings. The summed E-state index contributed by atoms with van der Waals surface area (Å²) in [6.45, 7) is 0. The molecule has 1 aromatic rings. The van der Waals surface area contributed by atoms with Crippen LogP contribution < -0.4 is 5.53 Å². The quantitative estimate of drug-likeness (QED) is 0.585. The Balaban J connectivity index is 3.23. The summed E-state index contributed by atoms with van der Waals surface area (Å²) >= 11 is 0. The average Bonchev–Trinajstić information content (AvgIpc) is 2.03. The van der Waals surface area contributed by atoms with Gasteiger partial charge in [-0.25, -0.2) is 0 Å². The zero-order chi connectivity index (χ0) is 9.19. The maximum atomic E-state index is 12.1. The maximum Gasteiger partial charge on any atom is 0.418 e. The predicted octanol–water partition coefficient (Wildman–Crippen LogP) is 2.59. The monoisotopic (exact) mass is 173 g/mol. The molecule has 0 saturated carbocycles. The van der Waals surface area contributed by atoms with Gasteiger partial charge in [-0.3, -0.25) is 0 Å². The fourth-order valence-corrected chi connectivity index (χ4v) is 0.801. The summed E-state index contributed by atoms with van der Waals surface area (Å²) in [5.41, 5.74) is 6.80. The van der Waals surface area contributed by atoms with Gasteiger partial charge in [-0.15, -0.1) is 5.11 Å². The first-order valence-corrected chi connectivity index (χ1v) is 3.07. The van der Waals surface area contributed by atoms with Crippen LogP contribution in [-0.4, -0.2) is 0 Å². The van der Waals surface area contributed by atoms with Gasteiger partial charge in [-0.2, -0.15) is 13.2 Å². The Morgan fingerprint density at radius 2 is 1.75 bits per heavy atom. The zero-order valence-corrected chi connectivity index (χ0v) is 5.84. The van der Waals surface area contributed by atoms with Crippen LogP contribution in [0.2, 0.25) is 0 Å². The van der Waals surface area contributed by atoms with E-state index in [0.29, 0.717) is 0 Å². The van der Waals surface area contributed by atoms with Crippen molar-refractivity contribution in [3.8, 4) is 0 Å². The largest absolute Gasteiger partial charge is 0.418 e.